The molecule has 0 spiro atoms. The summed E-state index contributed by atoms with van der Waals surface area (Å²) in [4.78, 5) is 29.8. The second-order valence-corrected chi connectivity index (χ2v) is 6.54. The summed E-state index contributed by atoms with van der Waals surface area (Å²) >= 11 is 6.76. The molecule has 22 heavy (non-hydrogen) atoms. The lowest BCUT2D eigenvalue weighted by Crippen LogP contribution is -2.34. The molecule has 0 aliphatic heterocycles. The number of hydrogen-bond acceptors (Lipinski definition) is 5. The molecule has 8 heteroatoms. The maximum atomic E-state index is 12.7. The van der Waals surface area contributed by atoms with Crippen LogP contribution in [0.15, 0.2) is 27.6 Å². The van der Waals surface area contributed by atoms with Crippen LogP contribution in [0.4, 0.5) is 0 Å². The topological polar surface area (TPSA) is 80.0 Å². The van der Waals surface area contributed by atoms with E-state index in [9.17, 15) is 9.59 Å². The summed E-state index contributed by atoms with van der Waals surface area (Å²) in [5.41, 5.74) is 3.28. The van der Waals surface area contributed by atoms with Gasteiger partial charge in [-0.1, -0.05) is 0 Å². The lowest BCUT2D eigenvalue weighted by Gasteiger charge is -2.07. The molecule has 2 N–H and O–H groups in total. The SMILES string of the molecule is O=C(Nn1c(=S)[nH]c2sc3c(c2c1=O)CCC3)c1ccco1. The lowest BCUT2D eigenvalue weighted by atomic mass is 10.2. The zero-order chi connectivity index (χ0) is 15.3. The van der Waals surface area contributed by atoms with Crippen molar-refractivity contribution < 1.29 is 9.21 Å². The van der Waals surface area contributed by atoms with Crippen LogP contribution in [0.5, 0.6) is 0 Å². The Kier molecular flexibility index (Phi) is 3.02. The van der Waals surface area contributed by atoms with Gasteiger partial charge in [-0.25, -0.2) is 0 Å². The van der Waals surface area contributed by atoms with E-state index in [0.29, 0.717) is 5.39 Å². The van der Waals surface area contributed by atoms with E-state index in [0.717, 1.165) is 34.3 Å². The van der Waals surface area contributed by atoms with Crippen molar-refractivity contribution in [1.82, 2.24) is 9.66 Å². The summed E-state index contributed by atoms with van der Waals surface area (Å²) in [6, 6.07) is 3.13. The van der Waals surface area contributed by atoms with Crippen LogP contribution in [0.25, 0.3) is 10.2 Å². The van der Waals surface area contributed by atoms with Crippen LogP contribution >= 0.6 is 23.6 Å². The predicted molar refractivity (Wildman–Crippen MR) is 85.7 cm³/mol. The minimum atomic E-state index is -0.516. The number of furan rings is 1. The van der Waals surface area contributed by atoms with E-state index >= 15 is 0 Å². The van der Waals surface area contributed by atoms with Crippen LogP contribution in [-0.4, -0.2) is 15.6 Å². The average Bonchev–Trinajstić information content (AvgIpc) is 3.18. The van der Waals surface area contributed by atoms with Gasteiger partial charge in [0.1, 0.15) is 4.83 Å². The van der Waals surface area contributed by atoms with Crippen molar-refractivity contribution >= 4 is 39.7 Å². The highest BCUT2D eigenvalue weighted by molar-refractivity contribution is 7.71. The van der Waals surface area contributed by atoms with Crippen molar-refractivity contribution in [2.75, 3.05) is 5.43 Å². The highest BCUT2D eigenvalue weighted by atomic mass is 32.1. The second-order valence-electron chi connectivity index (χ2n) is 5.05. The fourth-order valence-electron chi connectivity index (χ4n) is 2.74. The van der Waals surface area contributed by atoms with Crippen LogP contribution < -0.4 is 11.0 Å². The number of rotatable bonds is 2. The Morgan fingerprint density at radius 3 is 3.09 bits per heavy atom. The molecular weight excluding hydrogens is 322 g/mol. The number of fused-ring (bicyclic) bond motifs is 3. The largest absolute Gasteiger partial charge is 0.459 e. The van der Waals surface area contributed by atoms with E-state index in [2.05, 4.69) is 10.4 Å². The lowest BCUT2D eigenvalue weighted by molar-refractivity contribution is 0.0980. The quantitative estimate of drug-likeness (QED) is 0.707. The minimum Gasteiger partial charge on any atom is -0.459 e. The van der Waals surface area contributed by atoms with Crippen LogP contribution in [0.1, 0.15) is 27.4 Å². The first-order valence-corrected chi connectivity index (χ1v) is 8.02. The van der Waals surface area contributed by atoms with E-state index in [4.69, 9.17) is 16.6 Å². The highest BCUT2D eigenvalue weighted by Crippen LogP contribution is 2.34. The summed E-state index contributed by atoms with van der Waals surface area (Å²) in [5.74, 6) is -0.394. The molecule has 3 aromatic rings. The molecule has 0 radical (unpaired) electrons. The van der Waals surface area contributed by atoms with Gasteiger partial charge in [-0.05, 0) is 49.2 Å². The molecule has 0 unspecified atom stereocenters. The molecule has 0 atom stereocenters. The van der Waals surface area contributed by atoms with Crippen molar-refractivity contribution in [2.24, 2.45) is 0 Å². The molecule has 3 aromatic heterocycles. The van der Waals surface area contributed by atoms with Gasteiger partial charge in [0, 0.05) is 4.88 Å². The number of hydrogen-bond donors (Lipinski definition) is 2. The van der Waals surface area contributed by atoms with Gasteiger partial charge in [-0.2, -0.15) is 4.68 Å². The fourth-order valence-corrected chi connectivity index (χ4v) is 4.32. The monoisotopic (exact) mass is 333 g/mol. The summed E-state index contributed by atoms with van der Waals surface area (Å²) in [5, 5.41) is 0.630. The first-order chi connectivity index (χ1) is 10.6. The number of nitrogens with zero attached hydrogens (tertiary/aromatic N) is 1. The summed E-state index contributed by atoms with van der Waals surface area (Å²) in [7, 11) is 0. The zero-order valence-corrected chi connectivity index (χ0v) is 13.0. The number of carbonyl (C=O) groups is 1. The van der Waals surface area contributed by atoms with E-state index < -0.39 is 5.91 Å². The Bertz CT molecular complexity index is 995. The minimum absolute atomic E-state index is 0.122. The van der Waals surface area contributed by atoms with Gasteiger partial charge < -0.3 is 9.40 Å². The number of amides is 1. The Labute approximate surface area is 133 Å². The molecule has 3 heterocycles. The number of aryl methyl sites for hydroxylation is 2. The number of thiophene rings is 1. The van der Waals surface area contributed by atoms with Gasteiger partial charge in [0.05, 0.1) is 11.6 Å². The summed E-state index contributed by atoms with van der Waals surface area (Å²) in [6.45, 7) is 0. The van der Waals surface area contributed by atoms with Crippen molar-refractivity contribution in [3.8, 4) is 0 Å². The van der Waals surface area contributed by atoms with Crippen molar-refractivity contribution in [3.63, 3.8) is 0 Å². The average molecular weight is 333 g/mol. The first-order valence-electron chi connectivity index (χ1n) is 6.79. The maximum absolute atomic E-state index is 12.7. The molecule has 0 bridgehead atoms. The van der Waals surface area contributed by atoms with Gasteiger partial charge in [-0.3, -0.25) is 15.0 Å². The van der Waals surface area contributed by atoms with E-state index in [1.807, 2.05) is 0 Å². The summed E-state index contributed by atoms with van der Waals surface area (Å²) < 4.78 is 6.27. The molecular formula is C14H11N3O3S2. The third kappa shape index (κ3) is 1.95. The number of nitrogens with one attached hydrogen (secondary N) is 2. The number of aromatic amines is 1. The van der Waals surface area contributed by atoms with Gasteiger partial charge >= 0.3 is 5.91 Å². The first kappa shape index (κ1) is 13.5. The van der Waals surface area contributed by atoms with Crippen molar-refractivity contribution in [3.05, 3.63) is 49.7 Å². The third-order valence-corrected chi connectivity index (χ3v) is 5.21. The molecule has 1 aliphatic carbocycles. The predicted octanol–water partition coefficient (Wildman–Crippen LogP) is 2.59. The Hall–Kier alpha value is -2.19. The van der Waals surface area contributed by atoms with E-state index in [-0.39, 0.29) is 16.1 Å². The molecule has 6 nitrogen and oxygen atoms in total. The third-order valence-electron chi connectivity index (χ3n) is 3.72. The van der Waals surface area contributed by atoms with Crippen LogP contribution in [-0.2, 0) is 12.8 Å². The second kappa shape index (κ2) is 4.92. The highest BCUT2D eigenvalue weighted by Gasteiger charge is 2.22. The fraction of sp³-hybridized carbons (Fsp3) is 0.214. The van der Waals surface area contributed by atoms with Gasteiger partial charge in [0.2, 0.25) is 4.77 Å². The molecule has 0 aromatic carbocycles. The van der Waals surface area contributed by atoms with Crippen LogP contribution in [0.2, 0.25) is 0 Å². The van der Waals surface area contributed by atoms with Gasteiger partial charge in [-0.15, -0.1) is 11.3 Å². The Morgan fingerprint density at radius 1 is 1.45 bits per heavy atom. The Balaban J connectivity index is 1.86. The molecule has 1 aliphatic rings. The van der Waals surface area contributed by atoms with Gasteiger partial charge in [0.15, 0.2) is 5.76 Å². The number of aromatic nitrogens is 2. The zero-order valence-electron chi connectivity index (χ0n) is 11.3. The van der Waals surface area contributed by atoms with Crippen LogP contribution in [0.3, 0.4) is 0 Å². The molecule has 0 fully saturated rings. The van der Waals surface area contributed by atoms with E-state index in [1.165, 1.54) is 17.2 Å². The molecule has 4 rings (SSSR count). The van der Waals surface area contributed by atoms with E-state index in [1.54, 1.807) is 17.4 Å². The summed E-state index contributed by atoms with van der Waals surface area (Å²) in [6.07, 6.45) is 4.34. The smallest absolute Gasteiger partial charge is 0.305 e. The molecule has 112 valence electrons. The molecule has 0 saturated heterocycles. The van der Waals surface area contributed by atoms with Crippen molar-refractivity contribution in [1.29, 1.82) is 0 Å². The Morgan fingerprint density at radius 2 is 2.32 bits per heavy atom. The standard InChI is InChI=1S/C14H11N3O3S2/c18-11(8-4-2-6-20-8)16-17-13(19)10-7-3-1-5-9(7)22-12(10)15-14(17)21/h2,4,6H,1,3,5H2,(H,15,21)(H,16,18). The normalized spacial score (nSPS) is 13.5. The molecule has 0 saturated carbocycles. The van der Waals surface area contributed by atoms with Gasteiger partial charge in [0.25, 0.3) is 5.56 Å². The van der Waals surface area contributed by atoms with Crippen LogP contribution in [0, 0.1) is 4.77 Å². The number of carbonyl (C=O) groups excluding carboxylic acids is 1. The molecule has 1 amide bonds. The maximum Gasteiger partial charge on any atom is 0.305 e. The number of H-pyrrole nitrogens is 1. The van der Waals surface area contributed by atoms with Crippen molar-refractivity contribution in [2.45, 2.75) is 19.3 Å².